The van der Waals surface area contributed by atoms with Crippen LogP contribution in [0.25, 0.3) is 0 Å². The predicted octanol–water partition coefficient (Wildman–Crippen LogP) is 3.65. The Morgan fingerprint density at radius 3 is 2.76 bits per heavy atom. The van der Waals surface area contributed by atoms with Gasteiger partial charge in [0.15, 0.2) is 0 Å². The standard InChI is InChI=1S/C16H23BrN4/c1-4-6-19-15(9-13-8-14(17)11-18-10-13)16-7-12(3)20-21(16)5-2/h7-8,10-11,15,19H,4-6,9H2,1-3H3. The van der Waals surface area contributed by atoms with E-state index in [1.165, 1.54) is 11.3 Å². The molecule has 114 valence electrons. The van der Waals surface area contributed by atoms with Gasteiger partial charge >= 0.3 is 0 Å². The topological polar surface area (TPSA) is 42.7 Å². The molecule has 0 aliphatic carbocycles. The Kier molecular flexibility index (Phi) is 5.94. The van der Waals surface area contributed by atoms with Crippen LogP contribution in [0.3, 0.4) is 0 Å². The fourth-order valence-corrected chi connectivity index (χ4v) is 2.91. The van der Waals surface area contributed by atoms with E-state index < -0.39 is 0 Å². The summed E-state index contributed by atoms with van der Waals surface area (Å²) in [5, 5.41) is 8.21. The molecule has 2 heterocycles. The van der Waals surface area contributed by atoms with Crippen LogP contribution in [-0.4, -0.2) is 21.3 Å². The van der Waals surface area contributed by atoms with Crippen molar-refractivity contribution in [3.8, 4) is 0 Å². The van der Waals surface area contributed by atoms with Crippen molar-refractivity contribution in [1.29, 1.82) is 0 Å². The summed E-state index contributed by atoms with van der Waals surface area (Å²) in [5.41, 5.74) is 3.55. The number of aromatic nitrogens is 3. The van der Waals surface area contributed by atoms with E-state index in [4.69, 9.17) is 0 Å². The molecule has 0 aliphatic rings. The third-order valence-electron chi connectivity index (χ3n) is 3.43. The largest absolute Gasteiger partial charge is 0.308 e. The minimum atomic E-state index is 0.266. The predicted molar refractivity (Wildman–Crippen MR) is 89.3 cm³/mol. The summed E-state index contributed by atoms with van der Waals surface area (Å²) in [5.74, 6) is 0. The lowest BCUT2D eigenvalue weighted by Gasteiger charge is -2.19. The average Bonchev–Trinajstić information content (AvgIpc) is 2.84. The molecule has 0 amide bonds. The molecular weight excluding hydrogens is 328 g/mol. The van der Waals surface area contributed by atoms with Crippen LogP contribution in [-0.2, 0) is 13.0 Å². The van der Waals surface area contributed by atoms with Crippen molar-refractivity contribution >= 4 is 15.9 Å². The van der Waals surface area contributed by atoms with E-state index in [0.29, 0.717) is 0 Å². The second-order valence-corrected chi connectivity index (χ2v) is 6.16. The SMILES string of the molecule is CCCNC(Cc1cncc(Br)c1)c1cc(C)nn1CC. The molecule has 0 spiro atoms. The van der Waals surface area contributed by atoms with Crippen molar-refractivity contribution in [3.05, 3.63) is 46.0 Å². The van der Waals surface area contributed by atoms with E-state index in [1.807, 2.05) is 19.3 Å². The molecule has 2 aromatic heterocycles. The van der Waals surface area contributed by atoms with Gasteiger partial charge in [0.05, 0.1) is 17.4 Å². The number of halogens is 1. The van der Waals surface area contributed by atoms with E-state index in [9.17, 15) is 0 Å². The van der Waals surface area contributed by atoms with Gasteiger partial charge in [-0.1, -0.05) is 6.92 Å². The maximum absolute atomic E-state index is 4.57. The quantitative estimate of drug-likeness (QED) is 0.828. The van der Waals surface area contributed by atoms with Gasteiger partial charge in [-0.25, -0.2) is 0 Å². The summed E-state index contributed by atoms with van der Waals surface area (Å²) >= 11 is 3.49. The maximum atomic E-state index is 4.57. The number of nitrogens with one attached hydrogen (secondary N) is 1. The molecule has 1 unspecified atom stereocenters. The van der Waals surface area contributed by atoms with Crippen LogP contribution >= 0.6 is 15.9 Å². The van der Waals surface area contributed by atoms with Crippen molar-refractivity contribution in [2.45, 2.75) is 46.2 Å². The van der Waals surface area contributed by atoms with Crippen LogP contribution in [0, 0.1) is 6.92 Å². The maximum Gasteiger partial charge on any atom is 0.0597 e. The Morgan fingerprint density at radius 2 is 2.10 bits per heavy atom. The molecule has 0 bridgehead atoms. The second kappa shape index (κ2) is 7.71. The Bertz CT molecular complexity index is 579. The molecule has 1 atom stereocenters. The van der Waals surface area contributed by atoms with E-state index in [0.717, 1.165) is 36.1 Å². The summed E-state index contributed by atoms with van der Waals surface area (Å²) in [7, 11) is 0. The van der Waals surface area contributed by atoms with Gasteiger partial charge in [-0.05, 0) is 66.9 Å². The fraction of sp³-hybridized carbons (Fsp3) is 0.500. The first kappa shape index (κ1) is 16.2. The van der Waals surface area contributed by atoms with E-state index >= 15 is 0 Å². The zero-order valence-corrected chi connectivity index (χ0v) is 14.5. The molecule has 0 aromatic carbocycles. The van der Waals surface area contributed by atoms with Gasteiger partial charge in [-0.2, -0.15) is 5.10 Å². The summed E-state index contributed by atoms with van der Waals surface area (Å²) in [6, 6.07) is 4.58. The van der Waals surface area contributed by atoms with Gasteiger partial charge < -0.3 is 5.32 Å². The average molecular weight is 351 g/mol. The number of rotatable bonds is 7. The normalized spacial score (nSPS) is 12.6. The first-order valence-electron chi connectivity index (χ1n) is 7.51. The molecule has 4 nitrogen and oxygen atoms in total. The number of hydrogen-bond acceptors (Lipinski definition) is 3. The Balaban J connectivity index is 2.25. The van der Waals surface area contributed by atoms with Crippen LogP contribution in [0.1, 0.15) is 43.3 Å². The zero-order chi connectivity index (χ0) is 15.2. The second-order valence-electron chi connectivity index (χ2n) is 5.25. The highest BCUT2D eigenvalue weighted by Crippen LogP contribution is 2.21. The summed E-state index contributed by atoms with van der Waals surface area (Å²) in [4.78, 5) is 4.26. The lowest BCUT2D eigenvalue weighted by atomic mass is 10.0. The summed E-state index contributed by atoms with van der Waals surface area (Å²) < 4.78 is 3.11. The molecule has 0 saturated heterocycles. The third-order valence-corrected chi connectivity index (χ3v) is 3.87. The first-order chi connectivity index (χ1) is 10.1. The van der Waals surface area contributed by atoms with Gasteiger partial charge in [0, 0.05) is 23.4 Å². The third kappa shape index (κ3) is 4.38. The molecule has 21 heavy (non-hydrogen) atoms. The molecule has 2 aromatic rings. The number of pyridine rings is 1. The molecule has 0 saturated carbocycles. The van der Waals surface area contributed by atoms with Crippen molar-refractivity contribution < 1.29 is 0 Å². The summed E-state index contributed by atoms with van der Waals surface area (Å²) in [6.45, 7) is 8.26. The molecule has 1 N–H and O–H groups in total. The molecule has 0 aliphatic heterocycles. The Morgan fingerprint density at radius 1 is 1.29 bits per heavy atom. The highest BCUT2D eigenvalue weighted by Gasteiger charge is 2.17. The Hall–Kier alpha value is -1.20. The first-order valence-corrected chi connectivity index (χ1v) is 8.30. The van der Waals surface area contributed by atoms with Crippen LogP contribution in [0.15, 0.2) is 29.0 Å². The van der Waals surface area contributed by atoms with Crippen molar-refractivity contribution in [1.82, 2.24) is 20.1 Å². The lowest BCUT2D eigenvalue weighted by Crippen LogP contribution is -2.26. The van der Waals surface area contributed by atoms with Gasteiger partial charge in [0.2, 0.25) is 0 Å². The minimum absolute atomic E-state index is 0.266. The smallest absolute Gasteiger partial charge is 0.0597 e. The highest BCUT2D eigenvalue weighted by molar-refractivity contribution is 9.10. The number of hydrogen-bond donors (Lipinski definition) is 1. The van der Waals surface area contributed by atoms with Crippen molar-refractivity contribution in [3.63, 3.8) is 0 Å². The molecule has 0 radical (unpaired) electrons. The van der Waals surface area contributed by atoms with E-state index in [2.05, 4.69) is 62.0 Å². The van der Waals surface area contributed by atoms with Crippen molar-refractivity contribution in [2.24, 2.45) is 0 Å². The van der Waals surface area contributed by atoms with Gasteiger partial charge in [0.1, 0.15) is 0 Å². The molecular formula is C16H23BrN4. The van der Waals surface area contributed by atoms with Gasteiger partial charge in [0.25, 0.3) is 0 Å². The lowest BCUT2D eigenvalue weighted by molar-refractivity contribution is 0.478. The van der Waals surface area contributed by atoms with Crippen LogP contribution in [0.5, 0.6) is 0 Å². The fourth-order valence-electron chi connectivity index (χ4n) is 2.50. The van der Waals surface area contributed by atoms with E-state index in [1.54, 1.807) is 0 Å². The monoisotopic (exact) mass is 350 g/mol. The van der Waals surface area contributed by atoms with Crippen LogP contribution in [0.2, 0.25) is 0 Å². The molecule has 5 heteroatoms. The summed E-state index contributed by atoms with van der Waals surface area (Å²) in [6.07, 6.45) is 5.79. The Labute approximate surface area is 135 Å². The van der Waals surface area contributed by atoms with Crippen LogP contribution < -0.4 is 5.32 Å². The number of nitrogens with zero attached hydrogens (tertiary/aromatic N) is 3. The zero-order valence-electron chi connectivity index (χ0n) is 12.9. The van der Waals surface area contributed by atoms with Crippen molar-refractivity contribution in [2.75, 3.05) is 6.54 Å². The van der Waals surface area contributed by atoms with Gasteiger partial charge in [-0.3, -0.25) is 9.67 Å². The molecule has 0 fully saturated rings. The van der Waals surface area contributed by atoms with Crippen LogP contribution in [0.4, 0.5) is 0 Å². The highest BCUT2D eigenvalue weighted by atomic mass is 79.9. The molecule has 2 rings (SSSR count). The number of aryl methyl sites for hydroxylation is 2. The van der Waals surface area contributed by atoms with Gasteiger partial charge in [-0.15, -0.1) is 0 Å². The minimum Gasteiger partial charge on any atom is -0.308 e. The van der Waals surface area contributed by atoms with E-state index in [-0.39, 0.29) is 6.04 Å².